The predicted octanol–water partition coefficient (Wildman–Crippen LogP) is 3.30. The van der Waals surface area contributed by atoms with Gasteiger partial charge >= 0.3 is 0 Å². The van der Waals surface area contributed by atoms with E-state index in [0.29, 0.717) is 0 Å². The molecule has 1 atom stereocenters. The van der Waals surface area contributed by atoms with Crippen LogP contribution in [0.5, 0.6) is 0 Å². The van der Waals surface area contributed by atoms with Crippen molar-refractivity contribution in [2.45, 2.75) is 26.4 Å². The van der Waals surface area contributed by atoms with E-state index in [1.807, 2.05) is 36.0 Å². The van der Waals surface area contributed by atoms with Gasteiger partial charge in [0.25, 0.3) is 0 Å². The first-order chi connectivity index (χ1) is 7.75. The number of hydrogen-bond acceptors (Lipinski definition) is 3. The third kappa shape index (κ3) is 4.45. The molecule has 1 unspecified atom stereocenters. The number of anilines is 1. The summed E-state index contributed by atoms with van der Waals surface area (Å²) < 4.78 is 0. The molecule has 90 valence electrons. The summed E-state index contributed by atoms with van der Waals surface area (Å²) in [6.45, 7) is 4.95. The van der Waals surface area contributed by atoms with Crippen molar-refractivity contribution in [3.8, 4) is 0 Å². The molecule has 0 aliphatic heterocycles. The number of rotatable bonds is 7. The SMILES string of the molecule is CCSCCCNc1ccccc1C(C)O. The summed E-state index contributed by atoms with van der Waals surface area (Å²) >= 11 is 1.96. The Kier molecular flexibility index (Phi) is 6.34. The van der Waals surface area contributed by atoms with Crippen molar-refractivity contribution >= 4 is 17.4 Å². The first-order valence-corrected chi connectivity index (χ1v) is 6.99. The fraction of sp³-hybridized carbons (Fsp3) is 0.538. The number of nitrogens with one attached hydrogen (secondary N) is 1. The van der Waals surface area contributed by atoms with Gasteiger partial charge in [-0.15, -0.1) is 0 Å². The number of hydrogen-bond donors (Lipinski definition) is 2. The average Bonchev–Trinajstić information content (AvgIpc) is 2.29. The van der Waals surface area contributed by atoms with E-state index in [0.717, 1.165) is 24.2 Å². The van der Waals surface area contributed by atoms with E-state index in [1.165, 1.54) is 11.5 Å². The number of aliphatic hydroxyl groups excluding tert-OH is 1. The Morgan fingerprint density at radius 1 is 1.38 bits per heavy atom. The second kappa shape index (κ2) is 7.58. The van der Waals surface area contributed by atoms with Gasteiger partial charge in [-0.1, -0.05) is 25.1 Å². The zero-order valence-electron chi connectivity index (χ0n) is 10.1. The monoisotopic (exact) mass is 239 g/mol. The molecule has 0 saturated heterocycles. The maximum absolute atomic E-state index is 9.60. The quantitative estimate of drug-likeness (QED) is 0.716. The van der Waals surface area contributed by atoms with Gasteiger partial charge in [0, 0.05) is 17.8 Å². The molecule has 2 nitrogen and oxygen atoms in total. The third-order valence-electron chi connectivity index (χ3n) is 2.40. The maximum atomic E-state index is 9.60. The van der Waals surface area contributed by atoms with Gasteiger partial charge in [-0.25, -0.2) is 0 Å². The van der Waals surface area contributed by atoms with Crippen molar-refractivity contribution in [3.05, 3.63) is 29.8 Å². The minimum Gasteiger partial charge on any atom is -0.389 e. The first-order valence-electron chi connectivity index (χ1n) is 5.84. The van der Waals surface area contributed by atoms with Gasteiger partial charge in [-0.3, -0.25) is 0 Å². The summed E-state index contributed by atoms with van der Waals surface area (Å²) in [5.74, 6) is 2.38. The van der Waals surface area contributed by atoms with E-state index in [-0.39, 0.29) is 0 Å². The van der Waals surface area contributed by atoms with Crippen LogP contribution in [0.2, 0.25) is 0 Å². The largest absolute Gasteiger partial charge is 0.389 e. The maximum Gasteiger partial charge on any atom is 0.0781 e. The Morgan fingerprint density at radius 3 is 2.81 bits per heavy atom. The zero-order chi connectivity index (χ0) is 11.8. The lowest BCUT2D eigenvalue weighted by molar-refractivity contribution is 0.200. The van der Waals surface area contributed by atoms with Crippen molar-refractivity contribution in [2.24, 2.45) is 0 Å². The van der Waals surface area contributed by atoms with E-state index < -0.39 is 6.10 Å². The van der Waals surface area contributed by atoms with Crippen LogP contribution in [-0.4, -0.2) is 23.2 Å². The molecule has 16 heavy (non-hydrogen) atoms. The number of benzene rings is 1. The number of thioether (sulfide) groups is 1. The predicted molar refractivity (Wildman–Crippen MR) is 73.2 cm³/mol. The van der Waals surface area contributed by atoms with Gasteiger partial charge in [-0.2, -0.15) is 11.8 Å². The Hall–Kier alpha value is -0.670. The summed E-state index contributed by atoms with van der Waals surface area (Å²) in [5, 5.41) is 13.0. The van der Waals surface area contributed by atoms with Gasteiger partial charge in [0.15, 0.2) is 0 Å². The lowest BCUT2D eigenvalue weighted by Crippen LogP contribution is -2.06. The summed E-state index contributed by atoms with van der Waals surface area (Å²) in [6, 6.07) is 7.94. The van der Waals surface area contributed by atoms with E-state index in [2.05, 4.69) is 12.2 Å². The van der Waals surface area contributed by atoms with Crippen LogP contribution in [0.4, 0.5) is 5.69 Å². The van der Waals surface area contributed by atoms with Gasteiger partial charge in [-0.05, 0) is 30.9 Å². The molecule has 0 saturated carbocycles. The van der Waals surface area contributed by atoms with Crippen LogP contribution in [0.3, 0.4) is 0 Å². The lowest BCUT2D eigenvalue weighted by atomic mass is 10.1. The molecule has 0 aromatic heterocycles. The van der Waals surface area contributed by atoms with Crippen LogP contribution in [0.15, 0.2) is 24.3 Å². The fourth-order valence-corrected chi connectivity index (χ4v) is 2.20. The molecular formula is C13H21NOS. The molecule has 0 spiro atoms. The van der Waals surface area contributed by atoms with Gasteiger partial charge in [0.05, 0.1) is 6.10 Å². The van der Waals surface area contributed by atoms with Crippen LogP contribution in [0, 0.1) is 0 Å². The fourth-order valence-electron chi connectivity index (χ4n) is 1.56. The minimum absolute atomic E-state index is 0.409. The van der Waals surface area contributed by atoms with Crippen LogP contribution in [0.25, 0.3) is 0 Å². The Morgan fingerprint density at radius 2 is 2.12 bits per heavy atom. The summed E-state index contributed by atoms with van der Waals surface area (Å²) in [7, 11) is 0. The van der Waals surface area contributed by atoms with Gasteiger partial charge in [0.1, 0.15) is 0 Å². The van der Waals surface area contributed by atoms with E-state index in [9.17, 15) is 5.11 Å². The standard InChI is InChI=1S/C13H21NOS/c1-3-16-10-6-9-14-13-8-5-4-7-12(13)11(2)15/h4-5,7-8,11,14-15H,3,6,9-10H2,1-2H3. The lowest BCUT2D eigenvalue weighted by Gasteiger charge is -2.13. The molecule has 3 heteroatoms. The Balaban J connectivity index is 2.41. The third-order valence-corrected chi connectivity index (χ3v) is 3.38. The van der Waals surface area contributed by atoms with Gasteiger partial charge in [0.2, 0.25) is 0 Å². The molecule has 1 aromatic carbocycles. The normalized spacial score (nSPS) is 12.4. The highest BCUT2D eigenvalue weighted by Crippen LogP contribution is 2.22. The van der Waals surface area contributed by atoms with Gasteiger partial charge < -0.3 is 10.4 Å². The van der Waals surface area contributed by atoms with Crippen molar-refractivity contribution in [2.75, 3.05) is 23.4 Å². The highest BCUT2D eigenvalue weighted by Gasteiger charge is 2.05. The first kappa shape index (κ1) is 13.4. The van der Waals surface area contributed by atoms with Crippen molar-refractivity contribution in [3.63, 3.8) is 0 Å². The van der Waals surface area contributed by atoms with Crippen molar-refractivity contribution < 1.29 is 5.11 Å². The summed E-state index contributed by atoms with van der Waals surface area (Å²) in [6.07, 6.45) is 0.751. The zero-order valence-corrected chi connectivity index (χ0v) is 10.9. The molecule has 0 aliphatic rings. The molecule has 0 fully saturated rings. The number of para-hydroxylation sites is 1. The second-order valence-corrected chi connectivity index (χ2v) is 5.13. The minimum atomic E-state index is -0.409. The molecule has 0 heterocycles. The van der Waals surface area contributed by atoms with E-state index in [4.69, 9.17) is 0 Å². The second-order valence-electron chi connectivity index (χ2n) is 3.74. The van der Waals surface area contributed by atoms with Crippen molar-refractivity contribution in [1.29, 1.82) is 0 Å². The number of aliphatic hydroxyl groups is 1. The molecule has 0 aliphatic carbocycles. The molecular weight excluding hydrogens is 218 g/mol. The highest BCUT2D eigenvalue weighted by atomic mass is 32.2. The van der Waals surface area contributed by atoms with Crippen LogP contribution in [0.1, 0.15) is 31.9 Å². The summed E-state index contributed by atoms with van der Waals surface area (Å²) in [4.78, 5) is 0. The van der Waals surface area contributed by atoms with Crippen LogP contribution in [-0.2, 0) is 0 Å². The molecule has 0 bridgehead atoms. The molecule has 1 rings (SSSR count). The molecule has 0 amide bonds. The molecule has 0 radical (unpaired) electrons. The van der Waals surface area contributed by atoms with E-state index >= 15 is 0 Å². The Labute approximate surface area is 102 Å². The smallest absolute Gasteiger partial charge is 0.0781 e. The highest BCUT2D eigenvalue weighted by molar-refractivity contribution is 7.99. The molecule has 2 N–H and O–H groups in total. The van der Waals surface area contributed by atoms with Crippen molar-refractivity contribution in [1.82, 2.24) is 0 Å². The molecule has 1 aromatic rings. The topological polar surface area (TPSA) is 32.3 Å². The Bertz CT molecular complexity index is 302. The van der Waals surface area contributed by atoms with E-state index in [1.54, 1.807) is 6.92 Å². The van der Waals surface area contributed by atoms with Crippen LogP contribution < -0.4 is 5.32 Å². The average molecular weight is 239 g/mol. The van der Waals surface area contributed by atoms with Crippen LogP contribution >= 0.6 is 11.8 Å². The summed E-state index contributed by atoms with van der Waals surface area (Å²) in [5.41, 5.74) is 2.03.